The smallest absolute Gasteiger partial charge is 0.304 e. The molecule has 2 amide bonds. The number of amides is 2. The fourth-order valence-corrected chi connectivity index (χ4v) is 4.21. The van der Waals surface area contributed by atoms with Gasteiger partial charge in [-0.05, 0) is 36.8 Å². The Morgan fingerprint density at radius 3 is 2.13 bits per heavy atom. The number of para-hydroxylation sites is 1. The zero-order valence-electron chi connectivity index (χ0n) is 17.9. The van der Waals surface area contributed by atoms with Gasteiger partial charge >= 0.3 is 10.2 Å². The van der Waals surface area contributed by atoms with Gasteiger partial charge in [0.2, 0.25) is 11.8 Å². The van der Waals surface area contributed by atoms with E-state index in [2.05, 4.69) is 21.2 Å². The number of benzene rings is 2. The monoisotopic (exact) mass is 510 g/mol. The number of likely N-dealkylation sites (N-methyl/N-ethyl adjacent to an activating group) is 1. The van der Waals surface area contributed by atoms with Crippen LogP contribution in [-0.4, -0.2) is 63.2 Å². The molecule has 1 unspecified atom stereocenters. The summed E-state index contributed by atoms with van der Waals surface area (Å²) >= 11 is 3.38. The van der Waals surface area contributed by atoms with Gasteiger partial charge in [-0.25, -0.2) is 4.31 Å². The second-order valence-electron chi connectivity index (χ2n) is 7.07. The van der Waals surface area contributed by atoms with E-state index in [0.29, 0.717) is 5.69 Å². The summed E-state index contributed by atoms with van der Waals surface area (Å²) in [6.45, 7) is 1.33. The molecular weight excluding hydrogens is 484 g/mol. The number of anilines is 1. The van der Waals surface area contributed by atoms with Gasteiger partial charge in [-0.3, -0.25) is 9.59 Å². The van der Waals surface area contributed by atoms with Crippen molar-refractivity contribution in [1.29, 1.82) is 0 Å². The van der Waals surface area contributed by atoms with Gasteiger partial charge in [0.15, 0.2) is 0 Å². The van der Waals surface area contributed by atoms with Gasteiger partial charge in [-0.1, -0.05) is 46.3 Å². The molecule has 0 spiro atoms. The Morgan fingerprint density at radius 2 is 1.61 bits per heavy atom. The molecule has 10 heteroatoms. The Morgan fingerprint density at radius 1 is 1.03 bits per heavy atom. The van der Waals surface area contributed by atoms with E-state index in [4.69, 9.17) is 0 Å². The number of carbonyl (C=O) groups excluding carboxylic acids is 2. The highest BCUT2D eigenvalue weighted by Crippen LogP contribution is 2.20. The van der Waals surface area contributed by atoms with Crippen LogP contribution in [-0.2, 0) is 26.3 Å². The van der Waals surface area contributed by atoms with Gasteiger partial charge < -0.3 is 10.2 Å². The summed E-state index contributed by atoms with van der Waals surface area (Å²) in [5.41, 5.74) is 1.18. The van der Waals surface area contributed by atoms with Crippen molar-refractivity contribution in [1.82, 2.24) is 14.5 Å². The summed E-state index contributed by atoms with van der Waals surface area (Å²) in [5.74, 6) is -0.833. The first-order chi connectivity index (χ1) is 14.6. The molecule has 0 saturated carbocycles. The van der Waals surface area contributed by atoms with Crippen molar-refractivity contribution in [2.75, 3.05) is 32.0 Å². The Balaban J connectivity index is 2.40. The maximum Gasteiger partial charge on any atom is 0.304 e. The van der Waals surface area contributed by atoms with Crippen molar-refractivity contribution >= 4 is 43.6 Å². The molecule has 8 nitrogen and oxygen atoms in total. The fourth-order valence-electron chi connectivity index (χ4n) is 2.89. The van der Waals surface area contributed by atoms with Gasteiger partial charge in [0.25, 0.3) is 0 Å². The molecule has 2 aromatic carbocycles. The van der Waals surface area contributed by atoms with E-state index in [-0.39, 0.29) is 12.5 Å². The van der Waals surface area contributed by atoms with E-state index >= 15 is 0 Å². The molecule has 168 valence electrons. The first-order valence-electron chi connectivity index (χ1n) is 9.58. The third-order valence-electron chi connectivity index (χ3n) is 4.74. The zero-order chi connectivity index (χ0) is 23.2. The molecule has 0 fully saturated rings. The van der Waals surface area contributed by atoms with Crippen LogP contribution in [0.25, 0.3) is 0 Å². The predicted molar refractivity (Wildman–Crippen MR) is 125 cm³/mol. The van der Waals surface area contributed by atoms with Crippen LogP contribution in [0.1, 0.15) is 12.5 Å². The number of nitrogens with one attached hydrogen (secondary N) is 1. The van der Waals surface area contributed by atoms with Crippen LogP contribution in [0.5, 0.6) is 0 Å². The third kappa shape index (κ3) is 6.28. The lowest BCUT2D eigenvalue weighted by atomic mass is 10.1. The number of halogens is 1. The third-order valence-corrected chi connectivity index (χ3v) is 7.09. The van der Waals surface area contributed by atoms with Crippen molar-refractivity contribution < 1.29 is 18.0 Å². The molecule has 0 bridgehead atoms. The highest BCUT2D eigenvalue weighted by molar-refractivity contribution is 9.10. The average Bonchev–Trinajstić information content (AvgIpc) is 2.76. The van der Waals surface area contributed by atoms with E-state index in [9.17, 15) is 18.0 Å². The maximum absolute atomic E-state index is 13.3. The van der Waals surface area contributed by atoms with Crippen molar-refractivity contribution in [3.63, 3.8) is 0 Å². The largest absolute Gasteiger partial charge is 0.357 e. The molecule has 2 aromatic rings. The lowest BCUT2D eigenvalue weighted by Gasteiger charge is -2.32. The molecule has 1 N–H and O–H groups in total. The normalized spacial score (nSPS) is 12.3. The topological polar surface area (TPSA) is 90.0 Å². The number of hydrogen-bond acceptors (Lipinski definition) is 4. The average molecular weight is 511 g/mol. The van der Waals surface area contributed by atoms with Crippen molar-refractivity contribution in [3.8, 4) is 0 Å². The summed E-state index contributed by atoms with van der Waals surface area (Å²) < 4.78 is 28.9. The molecule has 0 aliphatic carbocycles. The summed E-state index contributed by atoms with van der Waals surface area (Å²) in [7, 11) is 0.366. The van der Waals surface area contributed by atoms with Crippen molar-refractivity contribution in [2.45, 2.75) is 19.5 Å². The van der Waals surface area contributed by atoms with E-state index in [0.717, 1.165) is 18.6 Å². The Bertz CT molecular complexity index is 998. The van der Waals surface area contributed by atoms with Crippen LogP contribution in [0.15, 0.2) is 59.1 Å². The van der Waals surface area contributed by atoms with E-state index in [1.165, 1.54) is 26.0 Å². The standard InChI is InChI=1S/C21H27BrN4O4S/c1-16(21(28)23-2)25(14-17-10-12-18(22)13-11-17)20(27)15-26(31(29,30)24(3)4)19-8-6-5-7-9-19/h5-13,16H,14-15H2,1-4H3,(H,23,28). The van der Waals surface area contributed by atoms with Crippen LogP contribution in [0, 0.1) is 0 Å². The highest BCUT2D eigenvalue weighted by Gasteiger charge is 2.32. The first-order valence-corrected chi connectivity index (χ1v) is 11.8. The summed E-state index contributed by atoms with van der Waals surface area (Å²) in [6.07, 6.45) is 0. The Kier molecular flexibility index (Phi) is 8.60. The van der Waals surface area contributed by atoms with Crippen LogP contribution in [0.2, 0.25) is 0 Å². The van der Waals surface area contributed by atoms with Crippen molar-refractivity contribution in [2.24, 2.45) is 0 Å². The minimum Gasteiger partial charge on any atom is -0.357 e. The maximum atomic E-state index is 13.3. The van der Waals surface area contributed by atoms with E-state index in [1.807, 2.05) is 24.3 Å². The lowest BCUT2D eigenvalue weighted by Crippen LogP contribution is -2.52. The predicted octanol–water partition coefficient (Wildman–Crippen LogP) is 2.23. The highest BCUT2D eigenvalue weighted by atomic mass is 79.9. The van der Waals surface area contributed by atoms with E-state index in [1.54, 1.807) is 37.3 Å². The molecule has 0 saturated heterocycles. The molecule has 1 atom stereocenters. The number of nitrogens with zero attached hydrogens (tertiary/aromatic N) is 3. The van der Waals surface area contributed by atoms with Gasteiger partial charge in [0.1, 0.15) is 12.6 Å². The van der Waals surface area contributed by atoms with Crippen LogP contribution < -0.4 is 9.62 Å². The summed E-state index contributed by atoms with van der Waals surface area (Å²) in [5, 5.41) is 2.55. The second-order valence-corrected chi connectivity index (χ2v) is 10.1. The van der Waals surface area contributed by atoms with Gasteiger partial charge in [-0.2, -0.15) is 12.7 Å². The van der Waals surface area contributed by atoms with Crippen LogP contribution in [0.4, 0.5) is 5.69 Å². The lowest BCUT2D eigenvalue weighted by molar-refractivity contribution is -0.139. The minimum atomic E-state index is -3.94. The molecule has 0 aromatic heterocycles. The Labute approximate surface area is 192 Å². The van der Waals surface area contributed by atoms with Crippen LogP contribution >= 0.6 is 15.9 Å². The SMILES string of the molecule is CNC(=O)C(C)N(Cc1ccc(Br)cc1)C(=O)CN(c1ccccc1)S(=O)(=O)N(C)C. The van der Waals surface area contributed by atoms with E-state index < -0.39 is 28.7 Å². The van der Waals surface area contributed by atoms with Crippen molar-refractivity contribution in [3.05, 3.63) is 64.6 Å². The summed E-state index contributed by atoms with van der Waals surface area (Å²) in [6, 6.07) is 15.0. The van der Waals surface area contributed by atoms with Crippen LogP contribution in [0.3, 0.4) is 0 Å². The number of rotatable bonds is 9. The first kappa shape index (κ1) is 24.8. The number of carbonyl (C=O) groups is 2. The van der Waals surface area contributed by atoms with Gasteiger partial charge in [0, 0.05) is 32.2 Å². The minimum absolute atomic E-state index is 0.158. The second kappa shape index (κ2) is 10.7. The zero-order valence-corrected chi connectivity index (χ0v) is 20.4. The fraction of sp³-hybridized carbons (Fsp3) is 0.333. The summed E-state index contributed by atoms with van der Waals surface area (Å²) in [4.78, 5) is 27.0. The Hall–Kier alpha value is -2.43. The molecule has 31 heavy (non-hydrogen) atoms. The van der Waals surface area contributed by atoms with Gasteiger partial charge in [0.05, 0.1) is 5.69 Å². The molecule has 2 rings (SSSR count). The molecule has 0 heterocycles. The van der Waals surface area contributed by atoms with Gasteiger partial charge in [-0.15, -0.1) is 0 Å². The molecule has 0 radical (unpaired) electrons. The quantitative estimate of drug-likeness (QED) is 0.559. The molecular formula is C21H27BrN4O4S. The number of hydrogen-bond donors (Lipinski definition) is 1. The molecule has 0 aliphatic rings. The molecule has 0 aliphatic heterocycles.